The van der Waals surface area contributed by atoms with Crippen molar-refractivity contribution in [2.45, 2.75) is 24.9 Å². The predicted octanol–water partition coefficient (Wildman–Crippen LogP) is 1.41. The van der Waals surface area contributed by atoms with Crippen molar-refractivity contribution in [1.82, 2.24) is 10.0 Å². The molecule has 1 fully saturated rings. The van der Waals surface area contributed by atoms with E-state index in [1.54, 1.807) is 18.2 Å². The van der Waals surface area contributed by atoms with Crippen molar-refractivity contribution in [2.24, 2.45) is 0 Å². The van der Waals surface area contributed by atoms with Crippen LogP contribution < -0.4 is 10.0 Å². The van der Waals surface area contributed by atoms with Gasteiger partial charge in [0.25, 0.3) is 0 Å². The van der Waals surface area contributed by atoms with Gasteiger partial charge in [0, 0.05) is 12.1 Å². The van der Waals surface area contributed by atoms with Crippen molar-refractivity contribution in [3.8, 4) is 0 Å². The molecule has 1 aromatic carbocycles. The number of hydrogen-bond donors (Lipinski definition) is 2. The fraction of sp³-hybridized carbons (Fsp3) is 0.500. The molecule has 0 bridgehead atoms. The Morgan fingerprint density at radius 2 is 2.26 bits per heavy atom. The van der Waals surface area contributed by atoms with Crippen molar-refractivity contribution >= 4 is 26.0 Å². The van der Waals surface area contributed by atoms with Crippen LogP contribution in [0.15, 0.2) is 22.7 Å². The van der Waals surface area contributed by atoms with Gasteiger partial charge in [-0.25, -0.2) is 17.5 Å². The van der Waals surface area contributed by atoms with Crippen LogP contribution in [0.1, 0.15) is 12.0 Å². The van der Waals surface area contributed by atoms with Gasteiger partial charge in [0.1, 0.15) is 5.82 Å². The number of nitrogens with one attached hydrogen (secondary N) is 2. The Morgan fingerprint density at radius 3 is 2.95 bits per heavy atom. The summed E-state index contributed by atoms with van der Waals surface area (Å²) >= 11 is 3.15. The van der Waals surface area contributed by atoms with Crippen LogP contribution >= 0.6 is 15.9 Å². The van der Waals surface area contributed by atoms with Crippen LogP contribution in [0.4, 0.5) is 4.39 Å². The standard InChI is InChI=1S/C12H16BrFN2O2S/c1-19(17,18)16-10-5-6-15-11(10)7-8-3-2-4-9(13)12(8)14/h2-4,10-11,15-16H,5-7H2,1H3/t10-,11-/m1/s1. The smallest absolute Gasteiger partial charge is 0.209 e. The minimum atomic E-state index is -3.24. The molecule has 0 radical (unpaired) electrons. The van der Waals surface area contributed by atoms with E-state index in [4.69, 9.17) is 0 Å². The first kappa shape index (κ1) is 14.9. The lowest BCUT2D eigenvalue weighted by molar-refractivity contribution is 0.484. The van der Waals surface area contributed by atoms with E-state index in [-0.39, 0.29) is 17.9 Å². The summed E-state index contributed by atoms with van der Waals surface area (Å²) in [6, 6.07) is 4.87. The maximum Gasteiger partial charge on any atom is 0.209 e. The Bertz CT molecular complexity index is 565. The number of benzene rings is 1. The van der Waals surface area contributed by atoms with Crippen LogP contribution in [0.2, 0.25) is 0 Å². The highest BCUT2D eigenvalue weighted by atomic mass is 79.9. The molecule has 1 aliphatic rings. The summed E-state index contributed by atoms with van der Waals surface area (Å²) in [5.41, 5.74) is 0.578. The summed E-state index contributed by atoms with van der Waals surface area (Å²) in [7, 11) is -3.24. The molecule has 2 N–H and O–H groups in total. The van der Waals surface area contributed by atoms with Gasteiger partial charge in [-0.3, -0.25) is 0 Å². The summed E-state index contributed by atoms with van der Waals surface area (Å²) < 4.78 is 39.5. The van der Waals surface area contributed by atoms with Gasteiger partial charge in [-0.1, -0.05) is 12.1 Å². The highest BCUT2D eigenvalue weighted by molar-refractivity contribution is 9.10. The van der Waals surface area contributed by atoms with Gasteiger partial charge in [0.2, 0.25) is 10.0 Å². The molecule has 0 aromatic heterocycles. The molecule has 0 spiro atoms. The Kier molecular flexibility index (Phi) is 4.60. The molecular weight excluding hydrogens is 335 g/mol. The Morgan fingerprint density at radius 1 is 1.53 bits per heavy atom. The van der Waals surface area contributed by atoms with E-state index in [9.17, 15) is 12.8 Å². The van der Waals surface area contributed by atoms with Crippen molar-refractivity contribution in [3.05, 3.63) is 34.1 Å². The third kappa shape index (κ3) is 3.98. The van der Waals surface area contributed by atoms with E-state index in [2.05, 4.69) is 26.0 Å². The zero-order chi connectivity index (χ0) is 14.0. The fourth-order valence-corrected chi connectivity index (χ4v) is 3.58. The van der Waals surface area contributed by atoms with Crippen LogP contribution in [0.5, 0.6) is 0 Å². The lowest BCUT2D eigenvalue weighted by Crippen LogP contribution is -2.44. The van der Waals surface area contributed by atoms with Gasteiger partial charge < -0.3 is 5.32 Å². The van der Waals surface area contributed by atoms with Gasteiger partial charge >= 0.3 is 0 Å². The molecule has 0 saturated carbocycles. The molecule has 0 unspecified atom stereocenters. The third-order valence-corrected chi connectivity index (χ3v) is 4.53. The first-order chi connectivity index (χ1) is 8.87. The Labute approximate surface area is 121 Å². The molecule has 4 nitrogen and oxygen atoms in total. The van der Waals surface area contributed by atoms with Gasteiger partial charge in [0.05, 0.1) is 10.7 Å². The number of halogens is 2. The summed E-state index contributed by atoms with van der Waals surface area (Å²) in [6.45, 7) is 0.730. The fourth-order valence-electron chi connectivity index (χ4n) is 2.34. The second-order valence-electron chi connectivity index (χ2n) is 4.76. The quantitative estimate of drug-likeness (QED) is 0.863. The lowest BCUT2D eigenvalue weighted by atomic mass is 10.0. The minimum absolute atomic E-state index is 0.0847. The average molecular weight is 351 g/mol. The summed E-state index contributed by atoms with van der Waals surface area (Å²) in [5, 5.41) is 3.22. The van der Waals surface area contributed by atoms with E-state index in [1.165, 1.54) is 0 Å². The third-order valence-electron chi connectivity index (χ3n) is 3.18. The zero-order valence-electron chi connectivity index (χ0n) is 10.5. The van der Waals surface area contributed by atoms with Crippen LogP contribution in [-0.4, -0.2) is 33.3 Å². The maximum absolute atomic E-state index is 13.9. The zero-order valence-corrected chi connectivity index (χ0v) is 12.9. The van der Waals surface area contributed by atoms with Crippen LogP contribution in [0, 0.1) is 5.82 Å². The molecule has 2 atom stereocenters. The van der Waals surface area contributed by atoms with Crippen molar-refractivity contribution in [2.75, 3.05) is 12.8 Å². The predicted molar refractivity (Wildman–Crippen MR) is 76.0 cm³/mol. The van der Waals surface area contributed by atoms with Crippen molar-refractivity contribution in [1.29, 1.82) is 0 Å². The molecule has 1 aromatic rings. The highest BCUT2D eigenvalue weighted by Gasteiger charge is 2.29. The first-order valence-corrected chi connectivity index (χ1v) is 8.69. The van der Waals surface area contributed by atoms with Gasteiger partial charge in [-0.2, -0.15) is 0 Å². The lowest BCUT2D eigenvalue weighted by Gasteiger charge is -2.20. The summed E-state index contributed by atoms with van der Waals surface area (Å²) in [5.74, 6) is -0.283. The molecule has 1 heterocycles. The van der Waals surface area contributed by atoms with Gasteiger partial charge in [0.15, 0.2) is 0 Å². The average Bonchev–Trinajstić information content (AvgIpc) is 2.70. The van der Waals surface area contributed by atoms with Crippen LogP contribution in [-0.2, 0) is 16.4 Å². The molecule has 0 aliphatic carbocycles. The maximum atomic E-state index is 13.9. The van der Waals surface area contributed by atoms with Gasteiger partial charge in [-0.15, -0.1) is 0 Å². The van der Waals surface area contributed by atoms with Crippen molar-refractivity contribution < 1.29 is 12.8 Å². The first-order valence-electron chi connectivity index (χ1n) is 6.00. The number of hydrogen-bond acceptors (Lipinski definition) is 3. The second-order valence-corrected chi connectivity index (χ2v) is 7.40. The monoisotopic (exact) mass is 350 g/mol. The molecule has 2 rings (SSSR count). The molecule has 0 amide bonds. The van der Waals surface area contributed by atoms with E-state index in [0.717, 1.165) is 12.8 Å². The van der Waals surface area contributed by atoms with E-state index >= 15 is 0 Å². The second kappa shape index (κ2) is 5.87. The minimum Gasteiger partial charge on any atom is -0.312 e. The molecule has 1 aliphatic heterocycles. The summed E-state index contributed by atoms with van der Waals surface area (Å²) in [4.78, 5) is 0. The SMILES string of the molecule is CS(=O)(=O)N[C@@H]1CCN[C@@H]1Cc1cccc(Br)c1F. The molecular formula is C12H16BrFN2O2S. The van der Waals surface area contributed by atoms with E-state index in [0.29, 0.717) is 22.9 Å². The Balaban J connectivity index is 2.11. The van der Waals surface area contributed by atoms with Crippen LogP contribution in [0.3, 0.4) is 0 Å². The normalized spacial score (nSPS) is 23.7. The van der Waals surface area contributed by atoms with E-state index < -0.39 is 10.0 Å². The Hall–Kier alpha value is -0.500. The largest absolute Gasteiger partial charge is 0.312 e. The van der Waals surface area contributed by atoms with Gasteiger partial charge in [-0.05, 0) is 46.9 Å². The summed E-state index contributed by atoms with van der Waals surface area (Å²) in [6.07, 6.45) is 2.31. The molecule has 1 saturated heterocycles. The topological polar surface area (TPSA) is 58.2 Å². The van der Waals surface area contributed by atoms with Crippen LogP contribution in [0.25, 0.3) is 0 Å². The van der Waals surface area contributed by atoms with E-state index in [1.807, 2.05) is 0 Å². The molecule has 7 heteroatoms. The number of rotatable bonds is 4. The number of sulfonamides is 1. The molecule has 106 valence electrons. The molecule has 19 heavy (non-hydrogen) atoms. The highest BCUT2D eigenvalue weighted by Crippen LogP contribution is 2.22. The van der Waals surface area contributed by atoms with Crippen molar-refractivity contribution in [3.63, 3.8) is 0 Å².